The van der Waals surface area contributed by atoms with Crippen LogP contribution in [0.1, 0.15) is 12.5 Å². The molecule has 0 saturated carbocycles. The molecule has 0 spiro atoms. The smallest absolute Gasteiger partial charge is 0.256 e. The predicted molar refractivity (Wildman–Crippen MR) is 66.1 cm³/mol. The van der Waals surface area contributed by atoms with E-state index in [0.29, 0.717) is 5.96 Å². The molecular weight excluding hydrogens is 270 g/mol. The van der Waals surface area contributed by atoms with Crippen LogP contribution in [0.2, 0.25) is 0 Å². The lowest BCUT2D eigenvalue weighted by Crippen LogP contribution is -2.40. The molecule has 4 nitrogen and oxygen atoms in total. The Bertz CT molecular complexity index is 472. The van der Waals surface area contributed by atoms with Gasteiger partial charge in [0.05, 0.1) is 0 Å². The summed E-state index contributed by atoms with van der Waals surface area (Å²) in [7, 11) is 1.63. The van der Waals surface area contributed by atoms with Crippen molar-refractivity contribution >= 4 is 27.8 Å². The summed E-state index contributed by atoms with van der Waals surface area (Å²) in [4.78, 5) is 15.9. The molecule has 1 unspecified atom stereocenters. The van der Waals surface area contributed by atoms with Gasteiger partial charge >= 0.3 is 0 Å². The number of benzene rings is 1. The molecule has 1 heterocycles. The zero-order valence-electron chi connectivity index (χ0n) is 9.04. The molecule has 16 heavy (non-hydrogen) atoms. The molecule has 0 aliphatic carbocycles. The van der Waals surface area contributed by atoms with Crippen LogP contribution in [0.25, 0.3) is 0 Å². The highest BCUT2D eigenvalue weighted by molar-refractivity contribution is 9.10. The molecule has 1 fully saturated rings. The van der Waals surface area contributed by atoms with Crippen LogP contribution in [0, 0.1) is 0 Å². The van der Waals surface area contributed by atoms with E-state index in [1.165, 1.54) is 0 Å². The van der Waals surface area contributed by atoms with Crippen molar-refractivity contribution in [2.24, 2.45) is 4.99 Å². The molecule has 1 amide bonds. The van der Waals surface area contributed by atoms with Gasteiger partial charge in [-0.15, -0.1) is 0 Å². The van der Waals surface area contributed by atoms with Crippen molar-refractivity contribution < 1.29 is 4.79 Å². The number of hydrogen-bond donors (Lipinski definition) is 2. The van der Waals surface area contributed by atoms with E-state index in [0.717, 1.165) is 10.0 Å². The van der Waals surface area contributed by atoms with Crippen molar-refractivity contribution in [1.82, 2.24) is 10.6 Å². The monoisotopic (exact) mass is 281 g/mol. The van der Waals surface area contributed by atoms with Gasteiger partial charge in [0.15, 0.2) is 5.96 Å². The molecule has 1 aromatic carbocycles. The fraction of sp³-hybridized carbons (Fsp3) is 0.273. The Morgan fingerprint density at radius 3 is 2.75 bits per heavy atom. The summed E-state index contributed by atoms with van der Waals surface area (Å²) in [6, 6.07) is 7.66. The zero-order valence-corrected chi connectivity index (χ0v) is 10.6. The standard InChI is InChI=1S/C11H12BrN3O/c1-11(7-4-3-5-8(12)6-7)9(16)14-10(13-2)15-11/h3-6H,1-2H3,(H2,13,14,15,16). The Morgan fingerprint density at radius 1 is 1.44 bits per heavy atom. The second-order valence-electron chi connectivity index (χ2n) is 3.79. The van der Waals surface area contributed by atoms with E-state index < -0.39 is 5.54 Å². The van der Waals surface area contributed by atoms with Gasteiger partial charge in [-0.1, -0.05) is 28.1 Å². The number of amides is 1. The van der Waals surface area contributed by atoms with Crippen LogP contribution in [0.3, 0.4) is 0 Å². The fourth-order valence-corrected chi connectivity index (χ4v) is 2.07. The first-order chi connectivity index (χ1) is 7.56. The van der Waals surface area contributed by atoms with Crippen molar-refractivity contribution in [1.29, 1.82) is 0 Å². The second kappa shape index (κ2) is 3.90. The number of nitrogens with one attached hydrogen (secondary N) is 2. The Balaban J connectivity index is 2.43. The van der Waals surface area contributed by atoms with Gasteiger partial charge in [-0.2, -0.15) is 0 Å². The minimum atomic E-state index is -0.751. The van der Waals surface area contributed by atoms with Gasteiger partial charge in [-0.3, -0.25) is 15.1 Å². The van der Waals surface area contributed by atoms with E-state index in [1.54, 1.807) is 7.05 Å². The molecule has 0 radical (unpaired) electrons. The van der Waals surface area contributed by atoms with Gasteiger partial charge < -0.3 is 5.32 Å². The highest BCUT2D eigenvalue weighted by Crippen LogP contribution is 2.26. The van der Waals surface area contributed by atoms with Crippen LogP contribution in [0.15, 0.2) is 33.7 Å². The van der Waals surface area contributed by atoms with Crippen LogP contribution in [0.4, 0.5) is 0 Å². The fourth-order valence-electron chi connectivity index (χ4n) is 1.67. The summed E-state index contributed by atoms with van der Waals surface area (Å²) in [5, 5.41) is 5.78. The molecule has 2 rings (SSSR count). The maximum atomic E-state index is 11.9. The molecular formula is C11H12BrN3O. The van der Waals surface area contributed by atoms with Gasteiger partial charge in [0.2, 0.25) is 0 Å². The lowest BCUT2D eigenvalue weighted by molar-refractivity contribution is -0.123. The Hall–Kier alpha value is -1.36. The number of hydrogen-bond acceptors (Lipinski definition) is 2. The van der Waals surface area contributed by atoms with E-state index in [-0.39, 0.29) is 5.91 Å². The quantitative estimate of drug-likeness (QED) is 0.817. The lowest BCUT2D eigenvalue weighted by atomic mass is 9.92. The van der Waals surface area contributed by atoms with Crippen molar-refractivity contribution in [2.75, 3.05) is 7.05 Å². The lowest BCUT2D eigenvalue weighted by Gasteiger charge is -2.21. The molecule has 84 valence electrons. The summed E-state index contributed by atoms with van der Waals surface area (Å²) in [5.74, 6) is 0.415. The van der Waals surface area contributed by atoms with Crippen LogP contribution in [0.5, 0.6) is 0 Å². The van der Waals surface area contributed by atoms with Crippen molar-refractivity contribution in [3.8, 4) is 0 Å². The van der Waals surface area contributed by atoms with E-state index in [9.17, 15) is 4.79 Å². The first-order valence-electron chi connectivity index (χ1n) is 4.89. The number of aliphatic imine (C=N–C) groups is 1. The van der Waals surface area contributed by atoms with Gasteiger partial charge in [-0.05, 0) is 24.6 Å². The second-order valence-corrected chi connectivity index (χ2v) is 4.70. The molecule has 0 aromatic heterocycles. The van der Waals surface area contributed by atoms with Gasteiger partial charge in [-0.25, -0.2) is 0 Å². The number of nitrogens with zero attached hydrogens (tertiary/aromatic N) is 1. The number of rotatable bonds is 1. The van der Waals surface area contributed by atoms with E-state index in [4.69, 9.17) is 0 Å². The summed E-state index contributed by atoms with van der Waals surface area (Å²) >= 11 is 3.40. The van der Waals surface area contributed by atoms with Crippen LogP contribution < -0.4 is 10.6 Å². The molecule has 1 atom stereocenters. The van der Waals surface area contributed by atoms with Crippen LogP contribution in [-0.4, -0.2) is 18.9 Å². The largest absolute Gasteiger partial charge is 0.338 e. The molecule has 2 N–H and O–H groups in total. The third-order valence-electron chi connectivity index (χ3n) is 2.68. The minimum Gasteiger partial charge on any atom is -0.338 e. The molecule has 1 saturated heterocycles. The SMILES string of the molecule is CN=C1NC(=O)C(C)(c2cccc(Br)c2)N1. The Labute approximate surface area is 102 Å². The third-order valence-corrected chi connectivity index (χ3v) is 3.17. The van der Waals surface area contributed by atoms with Gasteiger partial charge in [0.25, 0.3) is 5.91 Å². The predicted octanol–water partition coefficient (Wildman–Crippen LogP) is 1.37. The Morgan fingerprint density at radius 2 is 2.19 bits per heavy atom. The molecule has 0 bridgehead atoms. The molecule has 1 aliphatic heterocycles. The summed E-state index contributed by atoms with van der Waals surface area (Å²) in [6.45, 7) is 1.84. The summed E-state index contributed by atoms with van der Waals surface area (Å²) in [5.41, 5.74) is 0.150. The first kappa shape index (κ1) is 11.1. The van der Waals surface area contributed by atoms with E-state index >= 15 is 0 Å². The number of halogens is 1. The number of carbonyl (C=O) groups is 1. The van der Waals surface area contributed by atoms with Crippen LogP contribution >= 0.6 is 15.9 Å². The highest BCUT2D eigenvalue weighted by atomic mass is 79.9. The maximum Gasteiger partial charge on any atom is 0.256 e. The highest BCUT2D eigenvalue weighted by Gasteiger charge is 2.42. The average Bonchev–Trinajstić information content (AvgIpc) is 2.56. The Kier molecular flexibility index (Phi) is 2.71. The third kappa shape index (κ3) is 1.71. The molecule has 1 aromatic rings. The summed E-state index contributed by atoms with van der Waals surface area (Å²) in [6.07, 6.45) is 0. The normalized spacial score (nSPS) is 26.7. The van der Waals surface area contributed by atoms with Gasteiger partial charge in [0, 0.05) is 11.5 Å². The van der Waals surface area contributed by atoms with E-state index in [2.05, 4.69) is 31.6 Å². The topological polar surface area (TPSA) is 53.5 Å². The minimum absolute atomic E-state index is 0.0915. The summed E-state index contributed by atoms with van der Waals surface area (Å²) < 4.78 is 0.947. The maximum absolute atomic E-state index is 11.9. The van der Waals surface area contributed by atoms with Crippen LogP contribution in [-0.2, 0) is 10.3 Å². The average molecular weight is 282 g/mol. The number of guanidine groups is 1. The van der Waals surface area contributed by atoms with Crippen molar-refractivity contribution in [3.63, 3.8) is 0 Å². The number of carbonyl (C=O) groups excluding carboxylic acids is 1. The van der Waals surface area contributed by atoms with E-state index in [1.807, 2.05) is 31.2 Å². The zero-order chi connectivity index (χ0) is 11.8. The first-order valence-corrected chi connectivity index (χ1v) is 5.68. The van der Waals surface area contributed by atoms with Crippen molar-refractivity contribution in [3.05, 3.63) is 34.3 Å². The van der Waals surface area contributed by atoms with Gasteiger partial charge in [0.1, 0.15) is 5.54 Å². The van der Waals surface area contributed by atoms with Crippen molar-refractivity contribution in [2.45, 2.75) is 12.5 Å². The molecule has 1 aliphatic rings. The molecule has 5 heteroatoms.